The van der Waals surface area contributed by atoms with E-state index in [1.807, 2.05) is 6.07 Å². The molecule has 0 bridgehead atoms. The third kappa shape index (κ3) is 4.39. The van der Waals surface area contributed by atoms with Gasteiger partial charge in [0, 0.05) is 12.0 Å². The fourth-order valence-corrected chi connectivity index (χ4v) is 3.05. The Kier molecular flexibility index (Phi) is 5.94. The summed E-state index contributed by atoms with van der Waals surface area (Å²) in [7, 11) is 0. The molecule has 3 rings (SSSR count). The number of halogens is 2. The number of hydrogen-bond donors (Lipinski definition) is 2. The van der Waals surface area contributed by atoms with Gasteiger partial charge in [-0.05, 0) is 12.1 Å². The van der Waals surface area contributed by atoms with Gasteiger partial charge in [0.05, 0.1) is 42.1 Å². The molecule has 24 heavy (non-hydrogen) atoms. The Balaban J connectivity index is 1.45. The molecular weight excluding hydrogens is 353 g/mol. The largest absolute Gasteiger partial charge is 0.382 e. The van der Waals surface area contributed by atoms with E-state index in [2.05, 4.69) is 10.5 Å². The highest BCUT2D eigenvalue weighted by Crippen LogP contribution is 2.25. The fourth-order valence-electron chi connectivity index (χ4n) is 2.75. The number of morpholine rings is 1. The lowest BCUT2D eigenvalue weighted by Gasteiger charge is -2.23. The molecule has 1 saturated heterocycles. The second-order valence-corrected chi connectivity index (χ2v) is 6.68. The molecule has 2 aliphatic heterocycles. The van der Waals surface area contributed by atoms with Crippen molar-refractivity contribution in [3.8, 4) is 0 Å². The monoisotopic (exact) mass is 372 g/mol. The summed E-state index contributed by atoms with van der Waals surface area (Å²) >= 11 is 11.9. The number of nitrogens with zero attached hydrogens (tertiary/aromatic N) is 1. The van der Waals surface area contributed by atoms with Gasteiger partial charge in [-0.1, -0.05) is 34.4 Å². The summed E-state index contributed by atoms with van der Waals surface area (Å²) < 4.78 is 5.32. The van der Waals surface area contributed by atoms with E-state index in [-0.39, 0.29) is 5.91 Å². The smallest absolute Gasteiger partial charge is 0.264 e. The van der Waals surface area contributed by atoms with Crippen molar-refractivity contribution in [3.63, 3.8) is 0 Å². The number of ether oxygens (including phenoxy) is 1. The second kappa shape index (κ2) is 8.16. The van der Waals surface area contributed by atoms with Gasteiger partial charge in [-0.3, -0.25) is 4.79 Å². The quantitative estimate of drug-likeness (QED) is 0.791. The van der Waals surface area contributed by atoms with Crippen LogP contribution < -0.4 is 10.2 Å². The van der Waals surface area contributed by atoms with Gasteiger partial charge in [-0.15, -0.1) is 0 Å². The predicted molar refractivity (Wildman–Crippen MR) is 91.9 cm³/mol. The number of amides is 1. The van der Waals surface area contributed by atoms with Crippen molar-refractivity contribution in [2.75, 3.05) is 39.4 Å². The van der Waals surface area contributed by atoms with Crippen molar-refractivity contribution in [1.29, 1.82) is 0 Å². The molecular formula is C16H20Cl2N3O3+. The van der Waals surface area contributed by atoms with Gasteiger partial charge in [0.25, 0.3) is 5.91 Å². The average Bonchev–Trinajstić information content (AvgIpc) is 3.08. The lowest BCUT2D eigenvalue weighted by molar-refractivity contribution is -0.906. The summed E-state index contributed by atoms with van der Waals surface area (Å²) in [4.78, 5) is 18.9. The van der Waals surface area contributed by atoms with Crippen LogP contribution in [0, 0.1) is 0 Å². The molecule has 1 aromatic carbocycles. The van der Waals surface area contributed by atoms with E-state index in [1.54, 1.807) is 12.1 Å². The number of quaternary nitrogens is 1. The van der Waals surface area contributed by atoms with Crippen LogP contribution in [0.15, 0.2) is 23.4 Å². The summed E-state index contributed by atoms with van der Waals surface area (Å²) in [5.74, 6) is -0.138. The van der Waals surface area contributed by atoms with Gasteiger partial charge >= 0.3 is 0 Å². The molecule has 0 spiro atoms. The summed E-state index contributed by atoms with van der Waals surface area (Å²) in [5, 5.41) is 7.87. The van der Waals surface area contributed by atoms with Crippen LogP contribution in [0.5, 0.6) is 0 Å². The highest BCUT2D eigenvalue weighted by molar-refractivity contribution is 6.42. The van der Waals surface area contributed by atoms with E-state index in [9.17, 15) is 4.79 Å². The fraction of sp³-hybridized carbons (Fsp3) is 0.500. The van der Waals surface area contributed by atoms with Crippen LogP contribution in [0.3, 0.4) is 0 Å². The average molecular weight is 373 g/mol. The molecule has 130 valence electrons. The zero-order chi connectivity index (χ0) is 16.9. The molecule has 1 aromatic rings. The summed E-state index contributed by atoms with van der Waals surface area (Å²) in [6, 6.07) is 5.26. The van der Waals surface area contributed by atoms with Crippen molar-refractivity contribution in [2.45, 2.75) is 12.5 Å². The molecule has 8 heteroatoms. The summed E-state index contributed by atoms with van der Waals surface area (Å²) in [6.45, 7) is 5.06. The lowest BCUT2D eigenvalue weighted by atomic mass is 10.0. The minimum absolute atomic E-state index is 0.138. The Hall–Kier alpha value is -1.34. The van der Waals surface area contributed by atoms with Crippen LogP contribution in [-0.4, -0.2) is 57.1 Å². The number of carbonyl (C=O) groups excluding carboxylic acids is 1. The van der Waals surface area contributed by atoms with E-state index in [0.29, 0.717) is 28.7 Å². The molecule has 0 saturated carbocycles. The number of nitrogens with one attached hydrogen (secondary N) is 2. The van der Waals surface area contributed by atoms with Crippen LogP contribution in [0.1, 0.15) is 12.0 Å². The normalized spacial score (nSPS) is 21.2. The molecule has 1 amide bonds. The molecule has 6 nitrogen and oxygen atoms in total. The Morgan fingerprint density at radius 2 is 2.08 bits per heavy atom. The van der Waals surface area contributed by atoms with Crippen LogP contribution in [0.25, 0.3) is 0 Å². The Labute approximate surface area is 150 Å². The first kappa shape index (κ1) is 17.5. The van der Waals surface area contributed by atoms with E-state index in [1.165, 1.54) is 4.90 Å². The highest BCUT2D eigenvalue weighted by Gasteiger charge is 2.29. The van der Waals surface area contributed by atoms with Crippen molar-refractivity contribution in [2.24, 2.45) is 5.16 Å². The molecule has 1 atom stereocenters. The van der Waals surface area contributed by atoms with Crippen LogP contribution in [0.4, 0.5) is 0 Å². The molecule has 0 aromatic heterocycles. The van der Waals surface area contributed by atoms with E-state index < -0.39 is 6.10 Å². The number of rotatable bonds is 5. The second-order valence-electron chi connectivity index (χ2n) is 5.87. The topological polar surface area (TPSA) is 64.4 Å². The third-order valence-corrected chi connectivity index (χ3v) is 4.93. The number of hydrogen-bond acceptors (Lipinski definition) is 4. The Bertz CT molecular complexity index is 633. The zero-order valence-corrected chi connectivity index (χ0v) is 14.7. The van der Waals surface area contributed by atoms with Gasteiger partial charge < -0.3 is 19.8 Å². The Morgan fingerprint density at radius 3 is 2.83 bits per heavy atom. The van der Waals surface area contributed by atoms with Crippen LogP contribution >= 0.6 is 23.2 Å². The van der Waals surface area contributed by atoms with Gasteiger partial charge in [-0.25, -0.2) is 0 Å². The van der Waals surface area contributed by atoms with Crippen LogP contribution in [-0.2, 0) is 14.4 Å². The highest BCUT2D eigenvalue weighted by atomic mass is 35.5. The third-order valence-electron chi connectivity index (χ3n) is 4.19. The predicted octanol–water partition coefficient (Wildman–Crippen LogP) is 0.518. The van der Waals surface area contributed by atoms with Crippen molar-refractivity contribution in [1.82, 2.24) is 5.32 Å². The summed E-state index contributed by atoms with van der Waals surface area (Å²) in [5.41, 5.74) is 1.52. The Morgan fingerprint density at radius 1 is 1.29 bits per heavy atom. The zero-order valence-electron chi connectivity index (χ0n) is 13.2. The standard InChI is InChI=1S/C16H19Cl2N3O3/c17-12-2-1-11(9-13(12)18)14-10-15(24-20-14)16(22)19-3-4-21-5-7-23-8-6-21/h1-2,9,15H,3-8,10H2,(H,19,22)/p+1/t15-/m0/s1. The lowest BCUT2D eigenvalue weighted by Crippen LogP contribution is -3.14. The SMILES string of the molecule is O=C(NCC[NH+]1CCOCC1)[C@@H]1CC(c2ccc(Cl)c(Cl)c2)=NO1. The first-order chi connectivity index (χ1) is 11.6. The molecule has 1 fully saturated rings. The van der Waals surface area contributed by atoms with E-state index in [0.717, 1.165) is 38.4 Å². The maximum absolute atomic E-state index is 12.2. The number of benzene rings is 1. The van der Waals surface area contributed by atoms with Gasteiger partial charge in [0.2, 0.25) is 6.10 Å². The summed E-state index contributed by atoms with van der Waals surface area (Å²) in [6.07, 6.45) is -0.164. The van der Waals surface area contributed by atoms with Gasteiger partial charge in [0.1, 0.15) is 13.1 Å². The van der Waals surface area contributed by atoms with Crippen LogP contribution in [0.2, 0.25) is 10.0 Å². The molecule has 2 aliphatic rings. The maximum Gasteiger partial charge on any atom is 0.264 e. The maximum atomic E-state index is 12.2. The van der Waals surface area contributed by atoms with E-state index in [4.69, 9.17) is 32.8 Å². The minimum atomic E-state index is -0.589. The van der Waals surface area contributed by atoms with Crippen molar-refractivity contribution in [3.05, 3.63) is 33.8 Å². The number of oxime groups is 1. The van der Waals surface area contributed by atoms with Crippen molar-refractivity contribution < 1.29 is 19.3 Å². The molecule has 2 heterocycles. The van der Waals surface area contributed by atoms with Gasteiger partial charge in [0.15, 0.2) is 0 Å². The first-order valence-electron chi connectivity index (χ1n) is 8.00. The molecule has 0 aliphatic carbocycles. The minimum Gasteiger partial charge on any atom is -0.382 e. The molecule has 0 radical (unpaired) electrons. The first-order valence-corrected chi connectivity index (χ1v) is 8.76. The molecule has 2 N–H and O–H groups in total. The van der Waals surface area contributed by atoms with Crippen molar-refractivity contribution >= 4 is 34.8 Å². The number of carbonyl (C=O) groups is 1. The van der Waals surface area contributed by atoms with E-state index >= 15 is 0 Å². The molecule has 0 unspecified atom stereocenters. The van der Waals surface area contributed by atoms with Gasteiger partial charge in [-0.2, -0.15) is 0 Å².